The highest BCUT2D eigenvalue weighted by Gasteiger charge is 2.34. The second-order valence-corrected chi connectivity index (χ2v) is 5.03. The molecular formula is C15H22N2O2. The van der Waals surface area contributed by atoms with Crippen molar-refractivity contribution in [2.24, 2.45) is 5.92 Å². The Hall–Kier alpha value is -1.39. The van der Waals surface area contributed by atoms with Crippen LogP contribution >= 0.6 is 0 Å². The van der Waals surface area contributed by atoms with E-state index in [0.29, 0.717) is 13.2 Å². The van der Waals surface area contributed by atoms with E-state index >= 15 is 0 Å². The van der Waals surface area contributed by atoms with Crippen molar-refractivity contribution >= 4 is 5.91 Å². The second kappa shape index (κ2) is 6.68. The van der Waals surface area contributed by atoms with E-state index in [1.54, 1.807) is 0 Å². The molecule has 1 amide bonds. The van der Waals surface area contributed by atoms with Crippen molar-refractivity contribution in [3.8, 4) is 0 Å². The summed E-state index contributed by atoms with van der Waals surface area (Å²) in [4.78, 5) is 14.2. The molecule has 0 aromatic heterocycles. The molecule has 1 aliphatic heterocycles. The average Bonchev–Trinajstić information content (AvgIpc) is 2.93. The van der Waals surface area contributed by atoms with E-state index in [1.807, 2.05) is 37.2 Å². The summed E-state index contributed by atoms with van der Waals surface area (Å²) in [6.45, 7) is 1.90. The Morgan fingerprint density at radius 1 is 1.37 bits per heavy atom. The molecule has 104 valence electrons. The fraction of sp³-hybridized carbons (Fsp3) is 0.533. The van der Waals surface area contributed by atoms with Gasteiger partial charge in [-0.25, -0.2) is 0 Å². The number of benzene rings is 1. The third-order valence-corrected chi connectivity index (χ3v) is 3.72. The normalized spacial score (nSPS) is 22.4. The molecule has 0 spiro atoms. The fourth-order valence-electron chi connectivity index (χ4n) is 2.42. The Labute approximate surface area is 114 Å². The first-order valence-corrected chi connectivity index (χ1v) is 6.76. The minimum absolute atomic E-state index is 0.0502. The van der Waals surface area contributed by atoms with Gasteiger partial charge in [0.2, 0.25) is 5.91 Å². The van der Waals surface area contributed by atoms with Crippen LogP contribution in [0.4, 0.5) is 0 Å². The largest absolute Gasteiger partial charge is 0.379 e. The van der Waals surface area contributed by atoms with E-state index in [0.717, 1.165) is 13.0 Å². The number of rotatable bonds is 5. The molecule has 1 aromatic rings. The van der Waals surface area contributed by atoms with Crippen molar-refractivity contribution in [2.75, 3.05) is 33.9 Å². The monoisotopic (exact) mass is 262 g/mol. The quantitative estimate of drug-likeness (QED) is 0.858. The van der Waals surface area contributed by atoms with E-state index in [2.05, 4.69) is 17.4 Å². The van der Waals surface area contributed by atoms with E-state index in [9.17, 15) is 4.79 Å². The molecule has 1 aliphatic rings. The standard InChI is InChI=1S/C15H22N2O2/c1-16-14-11-19-10-13(14)15(18)17(2)9-8-12-6-4-3-5-7-12/h3-7,13-14,16H,8-11H2,1-2H3. The van der Waals surface area contributed by atoms with Crippen molar-refractivity contribution in [2.45, 2.75) is 12.5 Å². The third kappa shape index (κ3) is 3.55. The molecule has 1 heterocycles. The summed E-state index contributed by atoms with van der Waals surface area (Å²) in [7, 11) is 3.75. The topological polar surface area (TPSA) is 41.6 Å². The first-order chi connectivity index (χ1) is 9.22. The third-order valence-electron chi connectivity index (χ3n) is 3.72. The van der Waals surface area contributed by atoms with Gasteiger partial charge in [-0.05, 0) is 19.0 Å². The number of hydrogen-bond donors (Lipinski definition) is 1. The fourth-order valence-corrected chi connectivity index (χ4v) is 2.42. The van der Waals surface area contributed by atoms with Crippen LogP contribution in [0.15, 0.2) is 30.3 Å². The Bertz CT molecular complexity index is 408. The van der Waals surface area contributed by atoms with Crippen LogP contribution in [0.5, 0.6) is 0 Å². The SMILES string of the molecule is CNC1COCC1C(=O)N(C)CCc1ccccc1. The van der Waals surface area contributed by atoms with Gasteiger partial charge in [0.05, 0.1) is 19.1 Å². The number of nitrogens with one attached hydrogen (secondary N) is 1. The summed E-state index contributed by atoms with van der Waals surface area (Å²) in [5.41, 5.74) is 1.26. The first-order valence-electron chi connectivity index (χ1n) is 6.76. The molecule has 19 heavy (non-hydrogen) atoms. The van der Waals surface area contributed by atoms with Gasteiger partial charge >= 0.3 is 0 Å². The van der Waals surface area contributed by atoms with Gasteiger partial charge in [0.25, 0.3) is 0 Å². The number of ether oxygens (including phenoxy) is 1. The van der Waals surface area contributed by atoms with Crippen molar-refractivity contribution in [1.82, 2.24) is 10.2 Å². The highest BCUT2D eigenvalue weighted by molar-refractivity contribution is 5.79. The van der Waals surface area contributed by atoms with Crippen LogP contribution in [0.1, 0.15) is 5.56 Å². The van der Waals surface area contributed by atoms with Gasteiger partial charge in [-0.3, -0.25) is 4.79 Å². The number of carbonyl (C=O) groups excluding carboxylic acids is 1. The zero-order valence-corrected chi connectivity index (χ0v) is 11.6. The van der Waals surface area contributed by atoms with Gasteiger partial charge in [0.1, 0.15) is 0 Å². The Balaban J connectivity index is 1.85. The number of nitrogens with zero attached hydrogens (tertiary/aromatic N) is 1. The van der Waals surface area contributed by atoms with Crippen molar-refractivity contribution < 1.29 is 9.53 Å². The average molecular weight is 262 g/mol. The van der Waals surface area contributed by atoms with E-state index in [1.165, 1.54) is 5.56 Å². The molecular weight excluding hydrogens is 240 g/mol. The van der Waals surface area contributed by atoms with Gasteiger partial charge in [0, 0.05) is 19.6 Å². The minimum Gasteiger partial charge on any atom is -0.379 e. The smallest absolute Gasteiger partial charge is 0.229 e. The van der Waals surface area contributed by atoms with Crippen molar-refractivity contribution in [3.05, 3.63) is 35.9 Å². The van der Waals surface area contributed by atoms with Crippen molar-refractivity contribution in [3.63, 3.8) is 0 Å². The van der Waals surface area contributed by atoms with Gasteiger partial charge in [0.15, 0.2) is 0 Å². The molecule has 1 aromatic carbocycles. The lowest BCUT2D eigenvalue weighted by atomic mass is 10.0. The van der Waals surface area contributed by atoms with Crippen LogP contribution in [0.3, 0.4) is 0 Å². The van der Waals surface area contributed by atoms with Crippen molar-refractivity contribution in [1.29, 1.82) is 0 Å². The Morgan fingerprint density at radius 2 is 2.11 bits per heavy atom. The summed E-state index contributed by atoms with van der Waals surface area (Å²) in [6.07, 6.45) is 0.890. The van der Waals surface area contributed by atoms with Crippen LogP contribution < -0.4 is 5.32 Å². The zero-order chi connectivity index (χ0) is 13.7. The van der Waals surface area contributed by atoms with Crippen LogP contribution in [-0.4, -0.2) is 50.7 Å². The molecule has 2 atom stereocenters. The van der Waals surface area contributed by atoms with Gasteiger partial charge in [-0.1, -0.05) is 30.3 Å². The second-order valence-electron chi connectivity index (χ2n) is 5.03. The maximum absolute atomic E-state index is 12.3. The molecule has 4 nitrogen and oxygen atoms in total. The lowest BCUT2D eigenvalue weighted by Gasteiger charge is -2.23. The number of likely N-dealkylation sites (N-methyl/N-ethyl adjacent to an activating group) is 2. The molecule has 4 heteroatoms. The molecule has 1 saturated heterocycles. The van der Waals surface area contributed by atoms with Crippen LogP contribution in [0, 0.1) is 5.92 Å². The van der Waals surface area contributed by atoms with Crippen LogP contribution in [0.2, 0.25) is 0 Å². The lowest BCUT2D eigenvalue weighted by Crippen LogP contribution is -2.43. The Morgan fingerprint density at radius 3 is 2.79 bits per heavy atom. The predicted molar refractivity (Wildman–Crippen MR) is 74.9 cm³/mol. The summed E-state index contributed by atoms with van der Waals surface area (Å²) in [6, 6.07) is 10.4. The molecule has 0 radical (unpaired) electrons. The number of hydrogen-bond acceptors (Lipinski definition) is 3. The molecule has 1 fully saturated rings. The van der Waals surface area contributed by atoms with E-state index < -0.39 is 0 Å². The number of carbonyl (C=O) groups is 1. The van der Waals surface area contributed by atoms with E-state index in [4.69, 9.17) is 4.74 Å². The zero-order valence-electron chi connectivity index (χ0n) is 11.6. The molecule has 2 rings (SSSR count). The number of amides is 1. The van der Waals surface area contributed by atoms with Gasteiger partial charge < -0.3 is 15.0 Å². The van der Waals surface area contributed by atoms with Gasteiger partial charge in [-0.2, -0.15) is 0 Å². The summed E-state index contributed by atoms with van der Waals surface area (Å²) in [5, 5.41) is 3.15. The van der Waals surface area contributed by atoms with Crippen LogP contribution in [0.25, 0.3) is 0 Å². The Kier molecular flexibility index (Phi) is 4.93. The molecule has 2 unspecified atom stereocenters. The first kappa shape index (κ1) is 14.0. The minimum atomic E-state index is -0.0502. The maximum Gasteiger partial charge on any atom is 0.229 e. The highest BCUT2D eigenvalue weighted by atomic mass is 16.5. The molecule has 0 aliphatic carbocycles. The maximum atomic E-state index is 12.3. The van der Waals surface area contributed by atoms with E-state index in [-0.39, 0.29) is 17.9 Å². The molecule has 0 bridgehead atoms. The summed E-state index contributed by atoms with van der Waals surface area (Å²) >= 11 is 0. The highest BCUT2D eigenvalue weighted by Crippen LogP contribution is 2.16. The summed E-state index contributed by atoms with van der Waals surface area (Å²) < 4.78 is 5.38. The predicted octanol–water partition coefficient (Wildman–Crippen LogP) is 0.922. The molecule has 0 saturated carbocycles. The molecule has 1 N–H and O–H groups in total. The lowest BCUT2D eigenvalue weighted by molar-refractivity contribution is -0.134. The van der Waals surface area contributed by atoms with Crippen LogP contribution in [-0.2, 0) is 16.0 Å². The summed E-state index contributed by atoms with van der Waals surface area (Å²) in [5.74, 6) is 0.124. The van der Waals surface area contributed by atoms with Gasteiger partial charge in [-0.15, -0.1) is 0 Å².